The van der Waals surface area contributed by atoms with E-state index in [0.717, 1.165) is 33.2 Å². The molecule has 0 saturated carbocycles. The van der Waals surface area contributed by atoms with Gasteiger partial charge in [0.25, 0.3) is 0 Å². The van der Waals surface area contributed by atoms with E-state index in [2.05, 4.69) is 5.32 Å². The van der Waals surface area contributed by atoms with E-state index < -0.39 is 5.97 Å². The van der Waals surface area contributed by atoms with Gasteiger partial charge >= 0.3 is 5.97 Å². The summed E-state index contributed by atoms with van der Waals surface area (Å²) in [6.45, 7) is 3.43. The number of nitrogens with one attached hydrogen (secondary N) is 1. The quantitative estimate of drug-likeness (QED) is 0.365. The average Bonchev–Trinajstić information content (AvgIpc) is 3.09. The van der Waals surface area contributed by atoms with E-state index in [1.807, 2.05) is 78.2 Å². The summed E-state index contributed by atoms with van der Waals surface area (Å²) >= 11 is 6.27. The fourth-order valence-corrected chi connectivity index (χ4v) is 4.16. The van der Waals surface area contributed by atoms with Crippen molar-refractivity contribution in [3.8, 4) is 5.75 Å². The highest BCUT2D eigenvalue weighted by Crippen LogP contribution is 2.31. The monoisotopic (exact) mass is 448 g/mol. The van der Waals surface area contributed by atoms with Gasteiger partial charge in [-0.25, -0.2) is 4.79 Å². The summed E-state index contributed by atoms with van der Waals surface area (Å²) in [4.78, 5) is 12.4. The zero-order chi connectivity index (χ0) is 22.7. The zero-order valence-corrected chi connectivity index (χ0v) is 18.8. The Balaban J connectivity index is 1.75. The Hall–Kier alpha value is -3.28. The molecule has 0 atom stereocenters. The molecule has 0 spiro atoms. The van der Waals surface area contributed by atoms with Crippen LogP contribution in [0.15, 0.2) is 66.7 Å². The Morgan fingerprint density at radius 3 is 2.50 bits per heavy atom. The number of aromatic carboxylic acids is 1. The van der Waals surface area contributed by atoms with Crippen LogP contribution in [0.4, 0.5) is 0 Å². The lowest BCUT2D eigenvalue weighted by Gasteiger charge is -2.11. The summed E-state index contributed by atoms with van der Waals surface area (Å²) in [6, 6.07) is 21.5. The molecule has 0 saturated heterocycles. The van der Waals surface area contributed by atoms with Crippen molar-refractivity contribution in [3.05, 3.63) is 99.7 Å². The summed E-state index contributed by atoms with van der Waals surface area (Å²) in [5, 5.41) is 15.1. The second-order valence-corrected chi connectivity index (χ2v) is 8.19. The van der Waals surface area contributed by atoms with Crippen LogP contribution in [0.2, 0.25) is 5.02 Å². The number of nitrogens with zero attached hydrogens (tertiary/aromatic N) is 1. The average molecular weight is 449 g/mol. The van der Waals surface area contributed by atoms with Gasteiger partial charge in [-0.05, 0) is 36.2 Å². The molecule has 164 valence electrons. The van der Waals surface area contributed by atoms with Crippen LogP contribution >= 0.6 is 11.6 Å². The second-order valence-electron chi connectivity index (χ2n) is 7.78. The van der Waals surface area contributed by atoms with E-state index in [0.29, 0.717) is 30.4 Å². The van der Waals surface area contributed by atoms with Gasteiger partial charge in [-0.3, -0.25) is 0 Å². The third kappa shape index (κ3) is 4.49. The number of methoxy groups -OCH3 is 1. The van der Waals surface area contributed by atoms with Gasteiger partial charge in [0.15, 0.2) is 0 Å². The molecule has 0 fully saturated rings. The summed E-state index contributed by atoms with van der Waals surface area (Å²) < 4.78 is 7.27. The Labute approximate surface area is 192 Å². The molecular weight excluding hydrogens is 424 g/mol. The lowest BCUT2D eigenvalue weighted by molar-refractivity contribution is 0.0684. The van der Waals surface area contributed by atoms with Gasteiger partial charge in [-0.15, -0.1) is 0 Å². The van der Waals surface area contributed by atoms with E-state index >= 15 is 0 Å². The molecule has 0 bridgehead atoms. The van der Waals surface area contributed by atoms with E-state index in [4.69, 9.17) is 16.3 Å². The minimum Gasteiger partial charge on any atom is -0.497 e. The molecule has 0 aliphatic rings. The first-order valence-corrected chi connectivity index (χ1v) is 10.8. The molecule has 4 aromatic rings. The highest BCUT2D eigenvalue weighted by Gasteiger charge is 2.23. The molecule has 32 heavy (non-hydrogen) atoms. The Morgan fingerprint density at radius 2 is 1.81 bits per heavy atom. The van der Waals surface area contributed by atoms with Crippen molar-refractivity contribution >= 4 is 28.5 Å². The number of benzene rings is 3. The smallest absolute Gasteiger partial charge is 0.352 e. The van der Waals surface area contributed by atoms with E-state index in [1.165, 1.54) is 0 Å². The maximum absolute atomic E-state index is 12.4. The van der Waals surface area contributed by atoms with Gasteiger partial charge in [-0.1, -0.05) is 59.6 Å². The van der Waals surface area contributed by atoms with Crippen LogP contribution in [0.25, 0.3) is 10.9 Å². The van der Waals surface area contributed by atoms with Gasteiger partial charge in [0, 0.05) is 41.7 Å². The SMILES string of the molecule is COc1ccc2c(CNCc3ccccc3Cl)c(C(=O)O)n(Cc3ccc(C)cc3)c2c1. The van der Waals surface area contributed by atoms with Gasteiger partial charge in [0.1, 0.15) is 11.4 Å². The molecule has 4 rings (SSSR count). The first-order valence-electron chi connectivity index (χ1n) is 10.4. The summed E-state index contributed by atoms with van der Waals surface area (Å²) in [5.41, 5.74) is 5.02. The standard InChI is InChI=1S/C26H25ClN2O3/c1-17-7-9-18(10-8-17)16-29-24-13-20(32-2)11-12-21(24)22(25(29)26(30)31)15-28-14-19-5-3-4-6-23(19)27/h3-13,28H,14-16H2,1-2H3,(H,30,31). The number of hydrogen-bond acceptors (Lipinski definition) is 3. The maximum Gasteiger partial charge on any atom is 0.352 e. The molecule has 6 heteroatoms. The van der Waals surface area contributed by atoms with Crippen LogP contribution in [0.5, 0.6) is 5.75 Å². The van der Waals surface area contributed by atoms with Crippen molar-refractivity contribution in [2.45, 2.75) is 26.6 Å². The molecule has 1 aromatic heterocycles. The van der Waals surface area contributed by atoms with Crippen molar-refractivity contribution in [2.24, 2.45) is 0 Å². The largest absolute Gasteiger partial charge is 0.497 e. The van der Waals surface area contributed by atoms with Crippen molar-refractivity contribution in [3.63, 3.8) is 0 Å². The number of carboxylic acids is 1. The number of ether oxygens (including phenoxy) is 1. The molecule has 2 N–H and O–H groups in total. The molecule has 0 aliphatic carbocycles. The predicted molar refractivity (Wildman–Crippen MR) is 128 cm³/mol. The molecule has 0 unspecified atom stereocenters. The van der Waals surface area contributed by atoms with Gasteiger partial charge < -0.3 is 19.7 Å². The van der Waals surface area contributed by atoms with Crippen LogP contribution in [0.3, 0.4) is 0 Å². The minimum absolute atomic E-state index is 0.278. The van der Waals surface area contributed by atoms with Crippen LogP contribution in [0.1, 0.15) is 32.7 Å². The maximum atomic E-state index is 12.4. The number of hydrogen-bond donors (Lipinski definition) is 2. The number of fused-ring (bicyclic) bond motifs is 1. The first kappa shape index (κ1) is 21.9. The van der Waals surface area contributed by atoms with Gasteiger partial charge in [0.2, 0.25) is 0 Å². The molecule has 0 aliphatic heterocycles. The number of halogens is 1. The van der Waals surface area contributed by atoms with Crippen molar-refractivity contribution in [1.29, 1.82) is 0 Å². The summed E-state index contributed by atoms with van der Waals surface area (Å²) in [5.74, 6) is -0.269. The van der Waals surface area contributed by atoms with Crippen molar-refractivity contribution < 1.29 is 14.6 Å². The Morgan fingerprint density at radius 1 is 1.06 bits per heavy atom. The van der Waals surface area contributed by atoms with Crippen molar-refractivity contribution in [2.75, 3.05) is 7.11 Å². The third-order valence-corrected chi connectivity index (χ3v) is 5.98. The molecular formula is C26H25ClN2O3. The summed E-state index contributed by atoms with van der Waals surface area (Å²) in [7, 11) is 1.61. The highest BCUT2D eigenvalue weighted by molar-refractivity contribution is 6.31. The van der Waals surface area contributed by atoms with E-state index in [9.17, 15) is 9.90 Å². The number of carboxylic acid groups (broad SMARTS) is 1. The second kappa shape index (κ2) is 9.47. The topological polar surface area (TPSA) is 63.5 Å². The number of rotatable bonds is 8. The fourth-order valence-electron chi connectivity index (χ4n) is 3.96. The summed E-state index contributed by atoms with van der Waals surface area (Å²) in [6.07, 6.45) is 0. The fraction of sp³-hybridized carbons (Fsp3) is 0.192. The van der Waals surface area contributed by atoms with E-state index in [-0.39, 0.29) is 5.69 Å². The van der Waals surface area contributed by atoms with Crippen LogP contribution < -0.4 is 10.1 Å². The predicted octanol–water partition coefficient (Wildman–Crippen LogP) is 5.65. The Bertz CT molecular complexity index is 1260. The minimum atomic E-state index is -0.957. The van der Waals surface area contributed by atoms with Crippen LogP contribution in [0, 0.1) is 6.92 Å². The number of aromatic nitrogens is 1. The zero-order valence-electron chi connectivity index (χ0n) is 18.1. The highest BCUT2D eigenvalue weighted by atomic mass is 35.5. The Kier molecular flexibility index (Phi) is 6.49. The number of carbonyl (C=O) groups is 1. The van der Waals surface area contributed by atoms with Crippen LogP contribution in [-0.2, 0) is 19.6 Å². The lowest BCUT2D eigenvalue weighted by Crippen LogP contribution is -2.17. The number of aryl methyl sites for hydroxylation is 1. The molecule has 0 amide bonds. The van der Waals surface area contributed by atoms with Gasteiger partial charge in [-0.2, -0.15) is 0 Å². The molecule has 0 radical (unpaired) electrons. The van der Waals surface area contributed by atoms with Crippen molar-refractivity contribution in [1.82, 2.24) is 9.88 Å². The third-order valence-electron chi connectivity index (χ3n) is 5.62. The molecule has 5 nitrogen and oxygen atoms in total. The lowest BCUT2D eigenvalue weighted by atomic mass is 10.1. The first-order chi connectivity index (χ1) is 15.5. The molecule has 1 heterocycles. The van der Waals surface area contributed by atoms with Gasteiger partial charge in [0.05, 0.1) is 12.6 Å². The molecule has 3 aromatic carbocycles. The van der Waals surface area contributed by atoms with E-state index in [1.54, 1.807) is 7.11 Å². The normalized spacial score (nSPS) is 11.1. The van der Waals surface area contributed by atoms with Crippen LogP contribution in [-0.4, -0.2) is 22.8 Å².